The van der Waals surface area contributed by atoms with Crippen molar-refractivity contribution in [2.45, 2.75) is 58.4 Å². The van der Waals surface area contributed by atoms with E-state index in [1.54, 1.807) is 0 Å². The number of amides is 2. The minimum absolute atomic E-state index is 0.0752. The maximum atomic E-state index is 12.1. The molecule has 0 fully saturated rings. The minimum atomic E-state index is -0.0752. The van der Waals surface area contributed by atoms with Crippen LogP contribution in [0.2, 0.25) is 0 Å². The van der Waals surface area contributed by atoms with Gasteiger partial charge in [-0.25, -0.2) is 0 Å². The van der Waals surface area contributed by atoms with Gasteiger partial charge < -0.3 is 10.6 Å². The Labute approximate surface area is 123 Å². The topological polar surface area (TPSA) is 61.4 Å². The largest absolute Gasteiger partial charge is 0.356 e. The Morgan fingerprint density at radius 1 is 1.00 bits per heavy atom. The Balaban J connectivity index is 3.90. The van der Waals surface area contributed by atoms with Crippen LogP contribution in [-0.2, 0) is 9.59 Å². The van der Waals surface area contributed by atoms with Crippen molar-refractivity contribution >= 4 is 11.8 Å². The van der Waals surface area contributed by atoms with Crippen molar-refractivity contribution in [1.82, 2.24) is 15.5 Å². The molecule has 0 rings (SSSR count). The summed E-state index contributed by atoms with van der Waals surface area (Å²) in [5, 5.41) is 5.84. The van der Waals surface area contributed by atoms with Crippen molar-refractivity contribution in [1.29, 1.82) is 0 Å². The van der Waals surface area contributed by atoms with Crippen LogP contribution in [-0.4, -0.2) is 49.9 Å². The van der Waals surface area contributed by atoms with Crippen LogP contribution in [0.4, 0.5) is 0 Å². The predicted molar refractivity (Wildman–Crippen MR) is 82.5 cm³/mol. The SMILES string of the molecule is CCCCNC(=O)C(CCCCNC(=O)CC)N(C)C. The van der Waals surface area contributed by atoms with Crippen molar-refractivity contribution in [2.24, 2.45) is 0 Å². The lowest BCUT2D eigenvalue weighted by molar-refractivity contribution is -0.126. The lowest BCUT2D eigenvalue weighted by Crippen LogP contribution is -2.43. The molecule has 5 heteroatoms. The minimum Gasteiger partial charge on any atom is -0.356 e. The molecule has 0 radical (unpaired) electrons. The van der Waals surface area contributed by atoms with Crippen LogP contribution in [0.3, 0.4) is 0 Å². The quantitative estimate of drug-likeness (QED) is 0.566. The van der Waals surface area contributed by atoms with E-state index in [9.17, 15) is 9.59 Å². The summed E-state index contributed by atoms with van der Waals surface area (Å²) in [6.45, 7) is 5.41. The third-order valence-corrected chi connectivity index (χ3v) is 3.30. The molecule has 118 valence electrons. The summed E-state index contributed by atoms with van der Waals surface area (Å²) < 4.78 is 0. The third kappa shape index (κ3) is 8.91. The maximum Gasteiger partial charge on any atom is 0.237 e. The molecule has 1 unspecified atom stereocenters. The number of nitrogens with one attached hydrogen (secondary N) is 2. The highest BCUT2D eigenvalue weighted by molar-refractivity contribution is 5.81. The van der Waals surface area contributed by atoms with Crippen LogP contribution >= 0.6 is 0 Å². The Morgan fingerprint density at radius 2 is 1.65 bits per heavy atom. The number of carbonyl (C=O) groups excluding carboxylic acids is 2. The Morgan fingerprint density at radius 3 is 2.20 bits per heavy atom. The summed E-state index contributed by atoms with van der Waals surface area (Å²) in [5.74, 6) is 0.201. The van der Waals surface area contributed by atoms with Gasteiger partial charge in [-0.1, -0.05) is 20.3 Å². The summed E-state index contributed by atoms with van der Waals surface area (Å²) in [4.78, 5) is 25.1. The summed E-state index contributed by atoms with van der Waals surface area (Å²) in [5.41, 5.74) is 0. The molecule has 5 nitrogen and oxygen atoms in total. The average molecular weight is 285 g/mol. The summed E-state index contributed by atoms with van der Waals surface area (Å²) >= 11 is 0. The standard InChI is InChI=1S/C15H31N3O2/c1-5-7-11-17-15(20)13(18(3)4)10-8-9-12-16-14(19)6-2/h13H,5-12H2,1-4H3,(H,16,19)(H,17,20). The molecule has 0 aromatic rings. The van der Waals surface area contributed by atoms with Crippen molar-refractivity contribution in [2.75, 3.05) is 27.2 Å². The molecule has 2 amide bonds. The van der Waals surface area contributed by atoms with Crippen LogP contribution in [0.5, 0.6) is 0 Å². The molecular weight excluding hydrogens is 254 g/mol. The predicted octanol–water partition coefficient (Wildman–Crippen LogP) is 1.53. The third-order valence-electron chi connectivity index (χ3n) is 3.30. The smallest absolute Gasteiger partial charge is 0.237 e. The Bertz CT molecular complexity index is 280. The number of hydrogen-bond donors (Lipinski definition) is 2. The van der Waals surface area contributed by atoms with E-state index in [1.807, 2.05) is 25.9 Å². The highest BCUT2D eigenvalue weighted by Gasteiger charge is 2.19. The first-order valence-corrected chi connectivity index (χ1v) is 7.73. The molecule has 0 aliphatic heterocycles. The van der Waals surface area contributed by atoms with Crippen molar-refractivity contribution in [3.63, 3.8) is 0 Å². The zero-order valence-corrected chi connectivity index (χ0v) is 13.5. The molecular formula is C15H31N3O2. The van der Waals surface area contributed by atoms with Crippen LogP contribution in [0.15, 0.2) is 0 Å². The molecule has 2 N–H and O–H groups in total. The lowest BCUT2D eigenvalue weighted by Gasteiger charge is -2.23. The van der Waals surface area contributed by atoms with Crippen LogP contribution < -0.4 is 10.6 Å². The van der Waals surface area contributed by atoms with E-state index in [-0.39, 0.29) is 17.9 Å². The van der Waals surface area contributed by atoms with Gasteiger partial charge in [0.05, 0.1) is 6.04 Å². The first-order valence-electron chi connectivity index (χ1n) is 7.73. The maximum absolute atomic E-state index is 12.1. The van der Waals surface area contributed by atoms with E-state index < -0.39 is 0 Å². The summed E-state index contributed by atoms with van der Waals surface area (Å²) in [6.07, 6.45) is 5.32. The molecule has 0 saturated carbocycles. The van der Waals surface area contributed by atoms with E-state index >= 15 is 0 Å². The molecule has 1 atom stereocenters. The number of likely N-dealkylation sites (N-methyl/N-ethyl adjacent to an activating group) is 1. The fraction of sp³-hybridized carbons (Fsp3) is 0.867. The van der Waals surface area contributed by atoms with Crippen LogP contribution in [0.25, 0.3) is 0 Å². The van der Waals surface area contributed by atoms with Gasteiger partial charge in [-0.3, -0.25) is 14.5 Å². The van der Waals surface area contributed by atoms with E-state index in [4.69, 9.17) is 0 Å². The molecule has 0 saturated heterocycles. The second-order valence-corrected chi connectivity index (χ2v) is 5.32. The molecule has 0 aliphatic carbocycles. The number of hydrogen-bond acceptors (Lipinski definition) is 3. The highest BCUT2D eigenvalue weighted by atomic mass is 16.2. The summed E-state index contributed by atoms with van der Waals surface area (Å²) in [6, 6.07) is -0.0752. The summed E-state index contributed by atoms with van der Waals surface area (Å²) in [7, 11) is 3.87. The van der Waals surface area contributed by atoms with Gasteiger partial charge in [-0.2, -0.15) is 0 Å². The fourth-order valence-corrected chi connectivity index (χ4v) is 1.95. The van der Waals surface area contributed by atoms with Gasteiger partial charge in [0.15, 0.2) is 0 Å². The first kappa shape index (κ1) is 18.9. The van der Waals surface area contributed by atoms with Crippen molar-refractivity contribution in [3.8, 4) is 0 Å². The van der Waals surface area contributed by atoms with Crippen LogP contribution in [0, 0.1) is 0 Å². The van der Waals surface area contributed by atoms with E-state index in [0.29, 0.717) is 13.0 Å². The van der Waals surface area contributed by atoms with Gasteiger partial charge in [0.2, 0.25) is 11.8 Å². The molecule has 20 heavy (non-hydrogen) atoms. The second-order valence-electron chi connectivity index (χ2n) is 5.32. The average Bonchev–Trinajstić information content (AvgIpc) is 2.41. The fourth-order valence-electron chi connectivity index (χ4n) is 1.95. The molecule has 0 aromatic heterocycles. The zero-order valence-electron chi connectivity index (χ0n) is 13.5. The molecule has 0 spiro atoms. The normalized spacial score (nSPS) is 12.2. The van der Waals surface area contributed by atoms with Gasteiger partial charge in [0.1, 0.15) is 0 Å². The monoisotopic (exact) mass is 285 g/mol. The number of nitrogens with zero attached hydrogens (tertiary/aromatic N) is 1. The molecule has 0 heterocycles. The van der Waals surface area contributed by atoms with Gasteiger partial charge in [-0.05, 0) is 39.8 Å². The van der Waals surface area contributed by atoms with E-state index in [0.717, 1.165) is 38.6 Å². The van der Waals surface area contributed by atoms with Gasteiger partial charge in [-0.15, -0.1) is 0 Å². The van der Waals surface area contributed by atoms with Gasteiger partial charge in [0.25, 0.3) is 0 Å². The van der Waals surface area contributed by atoms with E-state index in [2.05, 4.69) is 17.6 Å². The molecule has 0 aliphatic rings. The number of carbonyl (C=O) groups is 2. The van der Waals surface area contributed by atoms with Gasteiger partial charge >= 0.3 is 0 Å². The first-order chi connectivity index (χ1) is 9.52. The number of unbranched alkanes of at least 4 members (excludes halogenated alkanes) is 2. The lowest BCUT2D eigenvalue weighted by atomic mass is 10.1. The number of rotatable bonds is 11. The highest BCUT2D eigenvalue weighted by Crippen LogP contribution is 2.06. The van der Waals surface area contributed by atoms with Crippen molar-refractivity contribution < 1.29 is 9.59 Å². The van der Waals surface area contributed by atoms with Crippen LogP contribution in [0.1, 0.15) is 52.4 Å². The Hall–Kier alpha value is -1.10. The Kier molecular flexibility index (Phi) is 11.1. The second kappa shape index (κ2) is 11.7. The van der Waals surface area contributed by atoms with E-state index in [1.165, 1.54) is 0 Å². The molecule has 0 aromatic carbocycles. The van der Waals surface area contributed by atoms with Crippen molar-refractivity contribution in [3.05, 3.63) is 0 Å². The molecule has 0 bridgehead atoms. The zero-order chi connectivity index (χ0) is 15.4. The van der Waals surface area contributed by atoms with Gasteiger partial charge in [0, 0.05) is 19.5 Å².